The van der Waals surface area contributed by atoms with Crippen LogP contribution in [0.15, 0.2) is 71.8 Å². The van der Waals surface area contributed by atoms with E-state index in [1.807, 2.05) is 43.3 Å². The Kier molecular flexibility index (Phi) is 6.94. The molecule has 2 aromatic heterocycles. The summed E-state index contributed by atoms with van der Waals surface area (Å²) in [6.07, 6.45) is 2.87. The Hall–Kier alpha value is -2.77. The average Bonchev–Trinajstić information content (AvgIpc) is 3.22. The highest BCUT2D eigenvalue weighted by Gasteiger charge is 2.21. The van der Waals surface area contributed by atoms with Crippen molar-refractivity contribution in [1.82, 2.24) is 9.97 Å². The van der Waals surface area contributed by atoms with Gasteiger partial charge in [-0.15, -0.1) is 11.8 Å². The molecule has 2 heterocycles. The number of thiazole rings is 1. The van der Waals surface area contributed by atoms with Gasteiger partial charge in [0, 0.05) is 17.5 Å². The number of carbonyl (C=O) groups is 1. The molecule has 0 bridgehead atoms. The summed E-state index contributed by atoms with van der Waals surface area (Å²) >= 11 is 3.16. The molecule has 0 unspecified atom stereocenters. The second-order valence-corrected chi connectivity index (χ2v) is 9.30. The Bertz CT molecular complexity index is 1160. The number of rotatable bonds is 8. The number of amides is 1. The number of nitrogens with zero attached hydrogens (tertiary/aromatic N) is 3. The highest BCUT2D eigenvalue weighted by atomic mass is 32.2. The first-order valence-electron chi connectivity index (χ1n) is 10.0. The fourth-order valence-electron chi connectivity index (χ4n) is 3.19. The number of benzene rings is 2. The zero-order valence-corrected chi connectivity index (χ0v) is 18.8. The fourth-order valence-corrected chi connectivity index (χ4v) is 5.10. The van der Waals surface area contributed by atoms with E-state index in [1.54, 1.807) is 35.0 Å². The lowest BCUT2D eigenvalue weighted by atomic mass is 10.2. The van der Waals surface area contributed by atoms with Crippen LogP contribution >= 0.6 is 23.1 Å². The molecule has 0 atom stereocenters. The monoisotopic (exact) mass is 451 g/mol. The minimum absolute atomic E-state index is 0.0297. The molecule has 0 aliphatic carbocycles. The van der Waals surface area contributed by atoms with Gasteiger partial charge in [-0.05, 0) is 67.1 Å². The standard InChI is InChI=1S/C24H22FN3OS2/c1-17-6-4-8-21-23(17)27-24(31-21)28(16-19-7-2-3-14-26-19)22(29)9-5-15-30-20-12-10-18(25)11-13-20/h2-4,6-8,10-14H,5,9,15-16H2,1H3. The second kappa shape index (κ2) is 10.0. The average molecular weight is 452 g/mol. The molecule has 1 amide bonds. The van der Waals surface area contributed by atoms with Crippen molar-refractivity contribution in [3.63, 3.8) is 0 Å². The van der Waals surface area contributed by atoms with Crippen LogP contribution in [0.4, 0.5) is 9.52 Å². The smallest absolute Gasteiger partial charge is 0.229 e. The third-order valence-electron chi connectivity index (χ3n) is 4.80. The summed E-state index contributed by atoms with van der Waals surface area (Å²) in [5.74, 6) is 0.575. The first kappa shape index (κ1) is 21.5. The van der Waals surface area contributed by atoms with E-state index in [0.717, 1.165) is 38.5 Å². The molecule has 0 aliphatic heterocycles. The molecular weight excluding hydrogens is 429 g/mol. The zero-order valence-electron chi connectivity index (χ0n) is 17.1. The van der Waals surface area contributed by atoms with E-state index in [0.29, 0.717) is 18.1 Å². The molecule has 0 radical (unpaired) electrons. The highest BCUT2D eigenvalue weighted by Crippen LogP contribution is 2.32. The third-order valence-corrected chi connectivity index (χ3v) is 6.95. The summed E-state index contributed by atoms with van der Waals surface area (Å²) in [5, 5.41) is 0.700. The number of hydrogen-bond acceptors (Lipinski definition) is 5. The zero-order chi connectivity index (χ0) is 21.6. The SMILES string of the molecule is Cc1cccc2sc(N(Cc3ccccn3)C(=O)CCCSc3ccc(F)cc3)nc12. The van der Waals surface area contributed by atoms with Crippen molar-refractivity contribution in [3.05, 3.63) is 83.9 Å². The summed E-state index contributed by atoms with van der Waals surface area (Å²) in [6.45, 7) is 2.42. The van der Waals surface area contributed by atoms with Gasteiger partial charge in [0.15, 0.2) is 5.13 Å². The molecule has 0 N–H and O–H groups in total. The molecule has 0 saturated carbocycles. The Balaban J connectivity index is 1.47. The Morgan fingerprint density at radius 2 is 1.94 bits per heavy atom. The van der Waals surface area contributed by atoms with Gasteiger partial charge in [0.05, 0.1) is 22.5 Å². The number of fused-ring (bicyclic) bond motifs is 1. The van der Waals surface area contributed by atoms with E-state index in [2.05, 4.69) is 4.98 Å². The summed E-state index contributed by atoms with van der Waals surface area (Å²) in [7, 11) is 0. The summed E-state index contributed by atoms with van der Waals surface area (Å²) < 4.78 is 14.1. The second-order valence-electron chi connectivity index (χ2n) is 7.12. The number of halogens is 1. The first-order valence-corrected chi connectivity index (χ1v) is 11.8. The van der Waals surface area contributed by atoms with E-state index in [-0.39, 0.29) is 11.7 Å². The number of aromatic nitrogens is 2. The van der Waals surface area contributed by atoms with Crippen LogP contribution in [0.1, 0.15) is 24.1 Å². The normalized spacial score (nSPS) is 11.0. The van der Waals surface area contributed by atoms with Gasteiger partial charge in [-0.3, -0.25) is 14.7 Å². The van der Waals surface area contributed by atoms with Crippen LogP contribution in [-0.4, -0.2) is 21.6 Å². The number of carbonyl (C=O) groups excluding carboxylic acids is 1. The quantitative estimate of drug-likeness (QED) is 0.235. The Morgan fingerprint density at radius 3 is 2.68 bits per heavy atom. The predicted octanol–water partition coefficient (Wildman–Crippen LogP) is 6.24. The van der Waals surface area contributed by atoms with Gasteiger partial charge in [0.1, 0.15) is 5.82 Å². The first-order chi connectivity index (χ1) is 15.1. The van der Waals surface area contributed by atoms with Gasteiger partial charge in [0.2, 0.25) is 5.91 Å². The molecular formula is C24H22FN3OS2. The van der Waals surface area contributed by atoms with Crippen molar-refractivity contribution < 1.29 is 9.18 Å². The van der Waals surface area contributed by atoms with Crippen LogP contribution in [0.25, 0.3) is 10.2 Å². The molecule has 31 heavy (non-hydrogen) atoms. The van der Waals surface area contributed by atoms with Crippen LogP contribution in [0.2, 0.25) is 0 Å². The fraction of sp³-hybridized carbons (Fsp3) is 0.208. The highest BCUT2D eigenvalue weighted by molar-refractivity contribution is 7.99. The van der Waals surface area contributed by atoms with Crippen molar-refractivity contribution in [2.24, 2.45) is 0 Å². The Labute approximate surface area is 189 Å². The van der Waals surface area contributed by atoms with Crippen LogP contribution in [0.3, 0.4) is 0 Å². The summed E-state index contributed by atoms with van der Waals surface area (Å²) in [6, 6.07) is 18.2. The van der Waals surface area contributed by atoms with Crippen molar-refractivity contribution >= 4 is 44.4 Å². The largest absolute Gasteiger partial charge is 0.282 e. The van der Waals surface area contributed by atoms with Gasteiger partial charge in [0.25, 0.3) is 0 Å². The van der Waals surface area contributed by atoms with Crippen LogP contribution < -0.4 is 4.90 Å². The molecule has 2 aromatic carbocycles. The third kappa shape index (κ3) is 5.48. The van der Waals surface area contributed by atoms with Crippen LogP contribution in [0.5, 0.6) is 0 Å². The van der Waals surface area contributed by atoms with Gasteiger partial charge >= 0.3 is 0 Å². The number of hydrogen-bond donors (Lipinski definition) is 0. The number of aryl methyl sites for hydroxylation is 1. The molecule has 0 fully saturated rings. The minimum atomic E-state index is -0.240. The van der Waals surface area contributed by atoms with Gasteiger partial charge in [-0.2, -0.15) is 0 Å². The predicted molar refractivity (Wildman–Crippen MR) is 126 cm³/mol. The van der Waals surface area contributed by atoms with Gasteiger partial charge < -0.3 is 0 Å². The molecule has 158 valence electrons. The topological polar surface area (TPSA) is 46.1 Å². The lowest BCUT2D eigenvalue weighted by molar-refractivity contribution is -0.118. The van der Waals surface area contributed by atoms with E-state index in [1.165, 1.54) is 23.5 Å². The van der Waals surface area contributed by atoms with Gasteiger partial charge in [-0.1, -0.05) is 29.5 Å². The van der Waals surface area contributed by atoms with Crippen molar-refractivity contribution in [2.45, 2.75) is 31.2 Å². The number of pyridine rings is 1. The van der Waals surface area contributed by atoms with Gasteiger partial charge in [-0.25, -0.2) is 9.37 Å². The lowest BCUT2D eigenvalue weighted by Crippen LogP contribution is -2.30. The van der Waals surface area contributed by atoms with E-state index >= 15 is 0 Å². The molecule has 4 aromatic rings. The molecule has 0 saturated heterocycles. The van der Waals surface area contributed by atoms with Crippen molar-refractivity contribution in [2.75, 3.05) is 10.7 Å². The van der Waals surface area contributed by atoms with Crippen LogP contribution in [0, 0.1) is 12.7 Å². The summed E-state index contributed by atoms with van der Waals surface area (Å²) in [5.41, 5.74) is 2.86. The summed E-state index contributed by atoms with van der Waals surface area (Å²) in [4.78, 5) is 25.1. The van der Waals surface area contributed by atoms with Crippen molar-refractivity contribution in [1.29, 1.82) is 0 Å². The maximum atomic E-state index is 13.2. The van der Waals surface area contributed by atoms with Crippen LogP contribution in [-0.2, 0) is 11.3 Å². The number of para-hydroxylation sites is 1. The molecule has 0 aliphatic rings. The van der Waals surface area contributed by atoms with E-state index in [9.17, 15) is 9.18 Å². The minimum Gasteiger partial charge on any atom is -0.282 e. The molecule has 0 spiro atoms. The number of thioether (sulfide) groups is 1. The van der Waals surface area contributed by atoms with E-state index in [4.69, 9.17) is 4.98 Å². The lowest BCUT2D eigenvalue weighted by Gasteiger charge is -2.19. The molecule has 4 nitrogen and oxygen atoms in total. The van der Waals surface area contributed by atoms with Crippen molar-refractivity contribution in [3.8, 4) is 0 Å². The van der Waals surface area contributed by atoms with E-state index < -0.39 is 0 Å². The maximum Gasteiger partial charge on any atom is 0.229 e. The molecule has 7 heteroatoms. The Morgan fingerprint density at radius 1 is 1.10 bits per heavy atom. The maximum absolute atomic E-state index is 13.2. The molecule has 4 rings (SSSR count). The number of anilines is 1.